The van der Waals surface area contributed by atoms with Gasteiger partial charge in [0.25, 0.3) is 12.4 Å². The Labute approximate surface area is 161 Å². The maximum Gasteiger partial charge on any atom is 0.300 e. The average Bonchev–Trinajstić information content (AvgIpc) is 2.51. The number of methoxy groups -OCH3 is 1. The molecule has 0 heterocycles. The summed E-state index contributed by atoms with van der Waals surface area (Å²) in [5.74, 6) is -0.824. The van der Waals surface area contributed by atoms with Crippen LogP contribution in [0.2, 0.25) is 0 Å². The van der Waals surface area contributed by atoms with Crippen LogP contribution in [0.3, 0.4) is 0 Å². The van der Waals surface area contributed by atoms with Crippen molar-refractivity contribution in [3.63, 3.8) is 0 Å². The average molecular weight is 402 g/mol. The summed E-state index contributed by atoms with van der Waals surface area (Å²) >= 11 is 0. The zero-order chi connectivity index (χ0) is 19.6. The zero-order valence-electron chi connectivity index (χ0n) is 16.1. The van der Waals surface area contributed by atoms with Crippen LogP contribution in [0, 0.1) is 0 Å². The molecule has 133 valence electrons. The molecule has 22 heavy (non-hydrogen) atoms. The van der Waals surface area contributed by atoms with Crippen LogP contribution in [0.15, 0.2) is 0 Å². The molecule has 1 radical (unpaired) electrons. The first kappa shape index (κ1) is 37.3. The number of carboxylic acids is 1. The molecule has 3 N–H and O–H groups in total. The van der Waals surface area contributed by atoms with E-state index in [2.05, 4.69) is 15.4 Å². The molecule has 0 aromatic rings. The molecule has 0 saturated heterocycles. The van der Waals surface area contributed by atoms with E-state index in [0.29, 0.717) is 6.47 Å². The van der Waals surface area contributed by atoms with Crippen LogP contribution in [0.25, 0.3) is 0 Å². The van der Waals surface area contributed by atoms with Crippen LogP contribution >= 0.6 is 0 Å². The molecule has 9 heteroatoms. The number of nitrogens with one attached hydrogen (secondary N) is 2. The fourth-order valence-corrected chi connectivity index (χ4v) is 0. The topological polar surface area (TPSA) is 122 Å². The van der Waals surface area contributed by atoms with Crippen LogP contribution < -0.4 is 10.6 Å². The Bertz CT molecular complexity index is 227. The molecular formula is C13H32N2O6Y. The Kier molecular flexibility index (Phi) is 85.1. The van der Waals surface area contributed by atoms with Gasteiger partial charge in [0.2, 0.25) is 11.8 Å². The molecule has 0 bridgehead atoms. The van der Waals surface area contributed by atoms with Crippen molar-refractivity contribution in [2.24, 2.45) is 0 Å². The third-order valence-corrected chi connectivity index (χ3v) is 0.800. The fourth-order valence-electron chi connectivity index (χ4n) is 0. The minimum atomic E-state index is -0.833. The largest absolute Gasteiger partial charge is 0.481 e. The van der Waals surface area contributed by atoms with E-state index in [-0.39, 0.29) is 44.5 Å². The molecule has 0 aliphatic heterocycles. The van der Waals surface area contributed by atoms with Gasteiger partial charge in [-0.05, 0) is 0 Å². The molecule has 8 nitrogen and oxygen atoms in total. The van der Waals surface area contributed by atoms with E-state index in [1.54, 1.807) is 14.1 Å². The molecule has 0 aromatic heterocycles. The first-order valence-corrected chi connectivity index (χ1v) is 5.72. The van der Waals surface area contributed by atoms with E-state index in [0.717, 1.165) is 6.92 Å². The van der Waals surface area contributed by atoms with Gasteiger partial charge in [-0.25, -0.2) is 0 Å². The summed E-state index contributed by atoms with van der Waals surface area (Å²) < 4.78 is 9.61. The van der Waals surface area contributed by atoms with E-state index in [9.17, 15) is 9.59 Å². The Balaban J connectivity index is -0.0000000274. The van der Waals surface area contributed by atoms with Crippen molar-refractivity contribution in [3.05, 3.63) is 0 Å². The van der Waals surface area contributed by atoms with Crippen LogP contribution in [-0.4, -0.2) is 50.6 Å². The Morgan fingerprint density at radius 3 is 1.14 bits per heavy atom. The molecule has 0 atom stereocenters. The van der Waals surface area contributed by atoms with Crippen molar-refractivity contribution in [2.75, 3.05) is 21.2 Å². The van der Waals surface area contributed by atoms with Gasteiger partial charge < -0.3 is 20.5 Å². The number of ether oxygens (including phenoxy) is 1. The minimum Gasteiger partial charge on any atom is -0.481 e. The van der Waals surface area contributed by atoms with Gasteiger partial charge in [0.05, 0.1) is 7.11 Å². The maximum atomic E-state index is 9.70. The van der Waals surface area contributed by atoms with Gasteiger partial charge in [0.15, 0.2) is 0 Å². The smallest absolute Gasteiger partial charge is 0.300 e. The number of hydrogen-bond acceptors (Lipinski definition) is 5. The first-order valence-electron chi connectivity index (χ1n) is 6.72. The second-order valence-electron chi connectivity index (χ2n) is 2.46. The van der Waals surface area contributed by atoms with E-state index < -0.39 is 5.97 Å². The van der Waals surface area contributed by atoms with Gasteiger partial charge in [-0.2, -0.15) is 0 Å². The van der Waals surface area contributed by atoms with E-state index in [1.807, 2.05) is 13.8 Å². The van der Waals surface area contributed by atoms with Crippen LogP contribution in [0.4, 0.5) is 0 Å². The summed E-state index contributed by atoms with van der Waals surface area (Å²) in [6.07, 6.45) is 0. The van der Waals surface area contributed by atoms with Gasteiger partial charge in [0.1, 0.15) is 0 Å². The standard InChI is InChI=1S/2C3H7NO.2C2H4O2.C2H6.CH4.Y/c2*1-3(5)4-2;1-4-2-3;1-2(3)4;1-2;;/h2*1-2H3,(H,4,5);2H,1H3;1H3,(H,3,4);1-2H3;1H4;/i;;;;;1D;. The van der Waals surface area contributed by atoms with E-state index >= 15 is 0 Å². The van der Waals surface area contributed by atoms with Crippen LogP contribution in [0.1, 0.15) is 43.4 Å². The molecule has 0 fully saturated rings. The number of rotatable bonds is 1. The summed E-state index contributed by atoms with van der Waals surface area (Å²) in [6, 6.07) is 0. The molecule has 0 unspecified atom stereocenters. The number of hydrogen-bond donors (Lipinski definition) is 3. The Hall–Kier alpha value is -1.02. The molecule has 0 saturated carbocycles. The van der Waals surface area contributed by atoms with Gasteiger partial charge in [0, 0.05) is 68.9 Å². The predicted octanol–water partition coefficient (Wildman–Crippen LogP) is 1.04. The SMILES string of the molecule is CC.CC(=O)O.CNC(C)=O.CNC(C)=O.COC=O.[2H]C.[Y]. The number of amides is 2. The second kappa shape index (κ2) is 50.1. The first-order chi connectivity index (χ1) is 10.2. The van der Waals surface area contributed by atoms with Gasteiger partial charge in [-0.15, -0.1) is 0 Å². The van der Waals surface area contributed by atoms with Crippen molar-refractivity contribution >= 4 is 24.3 Å². The van der Waals surface area contributed by atoms with E-state index in [1.165, 1.54) is 28.4 Å². The fraction of sp³-hybridized carbons (Fsp3) is 0.692. The number of aliphatic carboxylic acids is 1. The summed E-state index contributed by atoms with van der Waals surface area (Å²) in [7, 11) is 5.76. The summed E-state index contributed by atoms with van der Waals surface area (Å²) in [6.45, 7) is 8.40. The van der Waals surface area contributed by atoms with Crippen molar-refractivity contribution in [3.8, 4) is 0 Å². The monoisotopic (exact) mass is 402 g/mol. The summed E-state index contributed by atoms with van der Waals surface area (Å²) in [4.78, 5) is 37.4. The van der Waals surface area contributed by atoms with Gasteiger partial charge in [-0.1, -0.05) is 21.3 Å². The Morgan fingerprint density at radius 2 is 1.14 bits per heavy atom. The van der Waals surface area contributed by atoms with E-state index in [4.69, 9.17) is 16.1 Å². The molecular weight excluding hydrogens is 369 g/mol. The quantitative estimate of drug-likeness (QED) is 0.564. The maximum absolute atomic E-state index is 9.70. The van der Waals surface area contributed by atoms with Crippen molar-refractivity contribution in [2.45, 2.75) is 42.0 Å². The van der Waals surface area contributed by atoms with Crippen molar-refractivity contribution < 1.29 is 63.1 Å². The normalized spacial score (nSPS) is 5.77. The molecule has 0 aromatic carbocycles. The zero-order valence-corrected chi connectivity index (χ0v) is 18.0. The third-order valence-electron chi connectivity index (χ3n) is 0.800. The third kappa shape index (κ3) is 387. The van der Waals surface area contributed by atoms with Gasteiger partial charge >= 0.3 is 0 Å². The molecule has 2 amide bonds. The minimum absolute atomic E-state index is 0. The Morgan fingerprint density at radius 1 is 1.05 bits per heavy atom. The molecule has 0 spiro atoms. The van der Waals surface area contributed by atoms with Gasteiger partial charge in [-0.3, -0.25) is 19.2 Å². The summed E-state index contributed by atoms with van der Waals surface area (Å²) in [5, 5.41) is 12.2. The van der Waals surface area contributed by atoms with Crippen LogP contribution in [0.5, 0.6) is 0 Å². The summed E-state index contributed by atoms with van der Waals surface area (Å²) in [5.41, 5.74) is 0. The van der Waals surface area contributed by atoms with Crippen molar-refractivity contribution in [1.29, 1.82) is 0 Å². The second-order valence-corrected chi connectivity index (χ2v) is 2.46. The molecule has 0 aliphatic carbocycles. The predicted molar refractivity (Wildman–Crippen MR) is 83.9 cm³/mol. The number of carboxylic acid groups (broad SMARTS) is 1. The van der Waals surface area contributed by atoms with Crippen LogP contribution in [-0.2, 0) is 56.6 Å². The number of carbonyl (C=O) groups excluding carboxylic acids is 3. The molecule has 0 aliphatic rings. The molecule has 0 rings (SSSR count). The number of carbonyl (C=O) groups is 4. The van der Waals surface area contributed by atoms with Crippen molar-refractivity contribution in [1.82, 2.24) is 10.6 Å².